The first-order chi connectivity index (χ1) is 9.74. The first-order valence-corrected chi connectivity index (χ1v) is 9.93. The van der Waals surface area contributed by atoms with Crippen LogP contribution in [0.15, 0.2) is 18.2 Å². The smallest absolute Gasteiger partial charge is 0.148 e. The lowest BCUT2D eigenvalue weighted by atomic mass is 9.60. The van der Waals surface area contributed by atoms with Gasteiger partial charge in [-0.2, -0.15) is 0 Å². The summed E-state index contributed by atoms with van der Waals surface area (Å²) in [5.74, 6) is 0.162. The molecule has 0 spiro atoms. The van der Waals surface area contributed by atoms with Crippen LogP contribution in [0.3, 0.4) is 0 Å². The van der Waals surface area contributed by atoms with Gasteiger partial charge >= 0.3 is 0 Å². The Hall–Kier alpha value is -0.290. The average Bonchev–Trinajstić information content (AvgIpc) is 2.30. The van der Waals surface area contributed by atoms with Crippen LogP contribution in [0.25, 0.3) is 0 Å². The van der Waals surface area contributed by atoms with Crippen molar-refractivity contribution in [3.05, 3.63) is 33.8 Å². The summed E-state index contributed by atoms with van der Waals surface area (Å²) in [6, 6.07) is 6.01. The van der Waals surface area contributed by atoms with Gasteiger partial charge in [-0.05, 0) is 37.5 Å². The van der Waals surface area contributed by atoms with Gasteiger partial charge in [-0.1, -0.05) is 35.7 Å². The van der Waals surface area contributed by atoms with Gasteiger partial charge in [0, 0.05) is 24.3 Å². The van der Waals surface area contributed by atoms with Crippen molar-refractivity contribution in [2.75, 3.05) is 18.6 Å². The van der Waals surface area contributed by atoms with E-state index < -0.39 is 9.84 Å². The van der Waals surface area contributed by atoms with E-state index in [0.29, 0.717) is 16.6 Å². The molecular formula is C15H21Cl2NO2S. The Balaban J connectivity index is 2.11. The summed E-state index contributed by atoms with van der Waals surface area (Å²) in [4.78, 5) is 0. The summed E-state index contributed by atoms with van der Waals surface area (Å²) in [5.41, 5.74) is 1.22. The van der Waals surface area contributed by atoms with Crippen molar-refractivity contribution in [3.8, 4) is 0 Å². The molecule has 21 heavy (non-hydrogen) atoms. The molecule has 1 aliphatic rings. The van der Waals surface area contributed by atoms with Gasteiger partial charge in [0.05, 0.1) is 15.8 Å². The number of hydrogen-bond acceptors (Lipinski definition) is 3. The van der Waals surface area contributed by atoms with Crippen molar-refractivity contribution in [2.24, 2.45) is 0 Å². The molecule has 0 bridgehead atoms. The Bertz CT molecular complexity index is 612. The van der Waals surface area contributed by atoms with E-state index in [1.165, 1.54) is 18.2 Å². The van der Waals surface area contributed by atoms with E-state index in [0.717, 1.165) is 12.8 Å². The maximum absolute atomic E-state index is 11.2. The lowest BCUT2D eigenvalue weighted by Gasteiger charge is -2.47. The van der Waals surface area contributed by atoms with Gasteiger partial charge in [0.1, 0.15) is 9.84 Å². The van der Waals surface area contributed by atoms with Gasteiger partial charge in [-0.25, -0.2) is 8.42 Å². The molecule has 1 aromatic carbocycles. The molecule has 3 nitrogen and oxygen atoms in total. The van der Waals surface area contributed by atoms with Crippen molar-refractivity contribution < 1.29 is 8.42 Å². The second-order valence-corrected chi connectivity index (χ2v) is 9.02. The SMILES string of the molecule is CC(NCCS(C)(=O)=O)C1(c2ccc(Cl)c(Cl)c2)CCC1. The van der Waals surface area contributed by atoms with Crippen LogP contribution >= 0.6 is 23.2 Å². The van der Waals surface area contributed by atoms with Crippen molar-refractivity contribution >= 4 is 33.0 Å². The monoisotopic (exact) mass is 349 g/mol. The van der Waals surface area contributed by atoms with Crippen molar-refractivity contribution in [1.29, 1.82) is 0 Å². The van der Waals surface area contributed by atoms with Crippen LogP contribution in [0.5, 0.6) is 0 Å². The van der Waals surface area contributed by atoms with Crippen LogP contribution in [0.4, 0.5) is 0 Å². The van der Waals surface area contributed by atoms with E-state index in [1.54, 1.807) is 0 Å². The van der Waals surface area contributed by atoms with Crippen LogP contribution in [0.1, 0.15) is 31.7 Å². The predicted octanol–water partition coefficient (Wildman–Crippen LogP) is 3.44. The third kappa shape index (κ3) is 3.92. The fourth-order valence-corrected chi connectivity index (χ4v) is 3.78. The summed E-state index contributed by atoms with van der Waals surface area (Å²) in [7, 11) is -2.93. The molecule has 0 saturated heterocycles. The van der Waals surface area contributed by atoms with Crippen LogP contribution < -0.4 is 5.32 Å². The fourth-order valence-electron chi connectivity index (χ4n) is 2.99. The Kier molecular flexibility index (Phi) is 5.24. The molecule has 1 aromatic rings. The van der Waals surface area contributed by atoms with Gasteiger partial charge in [0.25, 0.3) is 0 Å². The van der Waals surface area contributed by atoms with E-state index in [4.69, 9.17) is 23.2 Å². The second-order valence-electron chi connectivity index (χ2n) is 5.94. The van der Waals surface area contributed by atoms with Crippen LogP contribution in [0.2, 0.25) is 10.0 Å². The third-order valence-corrected chi connectivity index (χ3v) is 6.18. The average molecular weight is 350 g/mol. The minimum absolute atomic E-state index is 0.0335. The summed E-state index contributed by atoms with van der Waals surface area (Å²) in [6.45, 7) is 2.59. The lowest BCUT2D eigenvalue weighted by Crippen LogP contribution is -2.52. The van der Waals surface area contributed by atoms with Gasteiger partial charge in [0.2, 0.25) is 0 Å². The molecule has 1 atom stereocenters. The highest BCUT2D eigenvalue weighted by Gasteiger charge is 2.43. The zero-order valence-electron chi connectivity index (χ0n) is 12.3. The molecule has 0 aromatic heterocycles. The molecule has 1 N–H and O–H groups in total. The molecule has 6 heteroatoms. The zero-order valence-corrected chi connectivity index (χ0v) is 14.7. The molecule has 0 amide bonds. The summed E-state index contributed by atoms with van der Waals surface area (Å²) in [5, 5.41) is 4.49. The first kappa shape index (κ1) is 17.1. The minimum atomic E-state index is -2.93. The van der Waals surface area contributed by atoms with Crippen molar-refractivity contribution in [1.82, 2.24) is 5.32 Å². The van der Waals surface area contributed by atoms with Gasteiger partial charge in [-0.15, -0.1) is 0 Å². The van der Waals surface area contributed by atoms with Crippen molar-refractivity contribution in [3.63, 3.8) is 0 Å². The quantitative estimate of drug-likeness (QED) is 0.855. The van der Waals surface area contributed by atoms with E-state index in [9.17, 15) is 8.42 Å². The first-order valence-electron chi connectivity index (χ1n) is 7.11. The molecule has 0 radical (unpaired) electrons. The Morgan fingerprint density at radius 3 is 2.43 bits per heavy atom. The van der Waals surface area contributed by atoms with Gasteiger partial charge in [-0.3, -0.25) is 0 Å². The molecule has 1 fully saturated rings. The summed E-state index contributed by atoms with van der Waals surface area (Å²) in [6.07, 6.45) is 4.60. The molecule has 1 unspecified atom stereocenters. The van der Waals surface area contributed by atoms with Crippen LogP contribution in [-0.4, -0.2) is 33.0 Å². The second kappa shape index (κ2) is 6.45. The highest BCUT2D eigenvalue weighted by atomic mass is 35.5. The Morgan fingerprint density at radius 2 is 1.95 bits per heavy atom. The number of halogens is 2. The lowest BCUT2D eigenvalue weighted by molar-refractivity contribution is 0.181. The maximum Gasteiger partial charge on any atom is 0.148 e. The highest BCUT2D eigenvalue weighted by Crippen LogP contribution is 2.47. The van der Waals surface area contributed by atoms with Gasteiger partial charge in [0.15, 0.2) is 0 Å². The molecule has 1 aliphatic carbocycles. The number of sulfone groups is 1. The molecular weight excluding hydrogens is 329 g/mol. The predicted molar refractivity (Wildman–Crippen MR) is 89.2 cm³/mol. The van der Waals surface area contributed by atoms with Crippen LogP contribution in [0, 0.1) is 0 Å². The van der Waals surface area contributed by atoms with E-state index in [-0.39, 0.29) is 17.2 Å². The molecule has 2 rings (SSSR count). The normalized spacial score (nSPS) is 19.0. The maximum atomic E-state index is 11.2. The Morgan fingerprint density at radius 1 is 1.29 bits per heavy atom. The van der Waals surface area contributed by atoms with E-state index in [1.807, 2.05) is 18.2 Å². The third-order valence-electron chi connectivity index (χ3n) is 4.49. The zero-order chi connectivity index (χ0) is 15.7. The van der Waals surface area contributed by atoms with E-state index in [2.05, 4.69) is 12.2 Å². The molecule has 1 saturated carbocycles. The van der Waals surface area contributed by atoms with Crippen molar-refractivity contribution in [2.45, 2.75) is 37.6 Å². The number of benzene rings is 1. The summed E-state index contributed by atoms with van der Waals surface area (Å²) >= 11 is 12.1. The highest BCUT2D eigenvalue weighted by molar-refractivity contribution is 7.90. The molecule has 0 aliphatic heterocycles. The molecule has 0 heterocycles. The number of rotatable bonds is 6. The van der Waals surface area contributed by atoms with Gasteiger partial charge < -0.3 is 5.32 Å². The summed E-state index contributed by atoms with van der Waals surface area (Å²) < 4.78 is 22.5. The topological polar surface area (TPSA) is 46.2 Å². The number of hydrogen-bond donors (Lipinski definition) is 1. The standard InChI is InChI=1S/C15H21Cl2NO2S/c1-11(18-8-9-21(2,19)20)15(6-3-7-15)12-4-5-13(16)14(17)10-12/h4-5,10-11,18H,3,6-9H2,1-2H3. The van der Waals surface area contributed by atoms with Crippen LogP contribution in [-0.2, 0) is 15.3 Å². The van der Waals surface area contributed by atoms with E-state index >= 15 is 0 Å². The largest absolute Gasteiger partial charge is 0.312 e. The fraction of sp³-hybridized carbons (Fsp3) is 0.600. The Labute approximate surface area is 136 Å². The minimum Gasteiger partial charge on any atom is -0.312 e. The molecule has 118 valence electrons. The number of nitrogens with one attached hydrogen (secondary N) is 1.